The molecule has 0 aliphatic rings. The summed E-state index contributed by atoms with van der Waals surface area (Å²) in [4.78, 5) is 7.67. The molecule has 0 unspecified atom stereocenters. The number of nitrogens with one attached hydrogen (secondary N) is 1. The van der Waals surface area contributed by atoms with Gasteiger partial charge in [0.25, 0.3) is 0 Å². The van der Waals surface area contributed by atoms with Crippen molar-refractivity contribution in [1.29, 1.82) is 0 Å². The van der Waals surface area contributed by atoms with E-state index in [1.54, 1.807) is 13.1 Å². The highest BCUT2D eigenvalue weighted by Crippen LogP contribution is 2.36. The van der Waals surface area contributed by atoms with Crippen LogP contribution in [0, 0.1) is 0 Å². The number of rotatable bonds is 2. The van der Waals surface area contributed by atoms with Crippen LogP contribution in [0.3, 0.4) is 0 Å². The Balaban J connectivity index is 2.40. The zero-order valence-electron chi connectivity index (χ0n) is 9.05. The standard InChI is InChI=1S/C10H7ClF3N3S/c1-15-6-2-7(16-3-5(6)11)8-4-17-9(18-8)10(12,13)14/h2-4H,1H3,(H,15,16). The van der Waals surface area contributed by atoms with E-state index in [9.17, 15) is 13.2 Å². The monoisotopic (exact) mass is 293 g/mol. The molecule has 0 aromatic carbocycles. The van der Waals surface area contributed by atoms with Crippen LogP contribution in [-0.2, 0) is 6.18 Å². The number of hydrogen-bond acceptors (Lipinski definition) is 4. The molecule has 8 heteroatoms. The van der Waals surface area contributed by atoms with Crippen molar-refractivity contribution in [3.8, 4) is 10.6 Å². The van der Waals surface area contributed by atoms with Gasteiger partial charge in [0, 0.05) is 19.4 Å². The van der Waals surface area contributed by atoms with Crippen molar-refractivity contribution in [2.24, 2.45) is 0 Å². The zero-order chi connectivity index (χ0) is 13.3. The molecule has 96 valence electrons. The van der Waals surface area contributed by atoms with Crippen molar-refractivity contribution in [2.45, 2.75) is 6.18 Å². The van der Waals surface area contributed by atoms with Crippen LogP contribution in [0.25, 0.3) is 10.6 Å². The molecule has 0 spiro atoms. The third-order valence-corrected chi connectivity index (χ3v) is 3.49. The van der Waals surface area contributed by atoms with Crippen molar-refractivity contribution < 1.29 is 13.2 Å². The normalized spacial score (nSPS) is 11.6. The van der Waals surface area contributed by atoms with Crippen LogP contribution in [-0.4, -0.2) is 17.0 Å². The van der Waals surface area contributed by atoms with Crippen molar-refractivity contribution in [3.63, 3.8) is 0 Å². The first-order valence-corrected chi connectivity index (χ1v) is 5.98. The maximum absolute atomic E-state index is 12.4. The summed E-state index contributed by atoms with van der Waals surface area (Å²) in [7, 11) is 1.67. The highest BCUT2D eigenvalue weighted by molar-refractivity contribution is 7.15. The van der Waals surface area contributed by atoms with E-state index >= 15 is 0 Å². The molecule has 0 aliphatic heterocycles. The molecule has 0 radical (unpaired) electrons. The number of anilines is 1. The van der Waals surface area contributed by atoms with E-state index in [0.29, 0.717) is 32.6 Å². The largest absolute Gasteiger partial charge is 0.443 e. The van der Waals surface area contributed by atoms with E-state index in [1.165, 1.54) is 6.20 Å². The Labute approximate surface area is 110 Å². The Morgan fingerprint density at radius 3 is 2.56 bits per heavy atom. The van der Waals surface area contributed by atoms with Gasteiger partial charge in [-0.1, -0.05) is 11.6 Å². The first-order chi connectivity index (χ1) is 8.41. The highest BCUT2D eigenvalue weighted by Gasteiger charge is 2.34. The first kappa shape index (κ1) is 13.1. The van der Waals surface area contributed by atoms with Gasteiger partial charge in [0.05, 0.1) is 21.3 Å². The lowest BCUT2D eigenvalue weighted by molar-refractivity contribution is -0.137. The van der Waals surface area contributed by atoms with Crippen LogP contribution in [0.15, 0.2) is 18.5 Å². The third kappa shape index (κ3) is 2.56. The van der Waals surface area contributed by atoms with Crippen molar-refractivity contribution in [1.82, 2.24) is 9.97 Å². The quantitative estimate of drug-likeness (QED) is 0.912. The third-order valence-electron chi connectivity index (χ3n) is 2.13. The van der Waals surface area contributed by atoms with Gasteiger partial charge in [-0.05, 0) is 6.07 Å². The molecule has 0 atom stereocenters. The smallest absolute Gasteiger partial charge is 0.387 e. The van der Waals surface area contributed by atoms with Crippen LogP contribution >= 0.6 is 22.9 Å². The molecule has 0 fully saturated rings. The molecule has 2 aromatic rings. The highest BCUT2D eigenvalue weighted by atomic mass is 35.5. The SMILES string of the molecule is CNc1cc(-c2cnc(C(F)(F)F)s2)ncc1Cl. The number of halogens is 4. The topological polar surface area (TPSA) is 37.8 Å². The fourth-order valence-corrected chi connectivity index (χ4v) is 2.24. The summed E-state index contributed by atoms with van der Waals surface area (Å²) in [6, 6.07) is 1.58. The minimum atomic E-state index is -4.43. The molecule has 2 rings (SSSR count). The van der Waals surface area contributed by atoms with E-state index in [4.69, 9.17) is 11.6 Å². The predicted octanol–water partition coefficient (Wildman–Crippen LogP) is 3.92. The minimum Gasteiger partial charge on any atom is -0.387 e. The maximum atomic E-state index is 12.4. The summed E-state index contributed by atoms with van der Waals surface area (Å²) in [5.74, 6) is 0. The number of alkyl halides is 3. The summed E-state index contributed by atoms with van der Waals surface area (Å²) in [5, 5.41) is 2.35. The number of pyridine rings is 1. The van der Waals surface area contributed by atoms with Crippen LogP contribution in [0.5, 0.6) is 0 Å². The van der Waals surface area contributed by atoms with Crippen LogP contribution in [0.4, 0.5) is 18.9 Å². The average molecular weight is 294 g/mol. The fraction of sp³-hybridized carbons (Fsp3) is 0.200. The minimum absolute atomic E-state index is 0.343. The van der Waals surface area contributed by atoms with Gasteiger partial charge >= 0.3 is 6.18 Å². The van der Waals surface area contributed by atoms with Gasteiger partial charge in [0.2, 0.25) is 0 Å². The van der Waals surface area contributed by atoms with Gasteiger partial charge in [-0.3, -0.25) is 4.98 Å². The average Bonchev–Trinajstić information content (AvgIpc) is 2.78. The Kier molecular flexibility index (Phi) is 3.45. The summed E-state index contributed by atoms with van der Waals surface area (Å²) in [6.07, 6.45) is -1.89. The van der Waals surface area contributed by atoms with Gasteiger partial charge in [-0.25, -0.2) is 4.98 Å². The predicted molar refractivity (Wildman–Crippen MR) is 64.9 cm³/mol. The second-order valence-corrected chi connectivity index (χ2v) is 4.76. The molecule has 18 heavy (non-hydrogen) atoms. The Bertz CT molecular complexity index is 568. The van der Waals surface area contributed by atoms with E-state index < -0.39 is 11.2 Å². The lowest BCUT2D eigenvalue weighted by atomic mass is 10.3. The molecular formula is C10H7ClF3N3S. The van der Waals surface area contributed by atoms with Crippen LogP contribution in [0.2, 0.25) is 5.02 Å². The molecule has 1 N–H and O–H groups in total. The van der Waals surface area contributed by atoms with E-state index in [0.717, 1.165) is 6.20 Å². The lowest BCUT2D eigenvalue weighted by Crippen LogP contribution is -2.02. The van der Waals surface area contributed by atoms with Crippen LogP contribution in [0.1, 0.15) is 5.01 Å². The summed E-state index contributed by atoms with van der Waals surface area (Å²) >= 11 is 6.39. The van der Waals surface area contributed by atoms with Gasteiger partial charge in [0.1, 0.15) is 0 Å². The summed E-state index contributed by atoms with van der Waals surface area (Å²) < 4.78 is 37.3. The molecule has 3 nitrogen and oxygen atoms in total. The second kappa shape index (κ2) is 4.74. The molecule has 2 heterocycles. The maximum Gasteiger partial charge on any atom is 0.443 e. The van der Waals surface area contributed by atoms with Crippen molar-refractivity contribution >= 4 is 28.6 Å². The fourth-order valence-electron chi connectivity index (χ4n) is 1.29. The summed E-state index contributed by atoms with van der Waals surface area (Å²) in [5.41, 5.74) is 1.00. The Hall–Kier alpha value is -1.34. The molecule has 0 bridgehead atoms. The van der Waals surface area contributed by atoms with E-state index in [-0.39, 0.29) is 0 Å². The first-order valence-electron chi connectivity index (χ1n) is 4.78. The summed E-state index contributed by atoms with van der Waals surface area (Å²) in [6.45, 7) is 0. The van der Waals surface area contributed by atoms with Crippen LogP contribution < -0.4 is 5.32 Å². The number of aromatic nitrogens is 2. The molecule has 2 aromatic heterocycles. The molecule has 0 aliphatic carbocycles. The zero-order valence-corrected chi connectivity index (χ0v) is 10.6. The number of hydrogen-bond donors (Lipinski definition) is 1. The van der Waals surface area contributed by atoms with Gasteiger partial charge in [0.15, 0.2) is 5.01 Å². The number of nitrogens with zero attached hydrogens (tertiary/aromatic N) is 2. The van der Waals surface area contributed by atoms with E-state index in [2.05, 4.69) is 15.3 Å². The van der Waals surface area contributed by atoms with Gasteiger partial charge in [-0.15, -0.1) is 11.3 Å². The van der Waals surface area contributed by atoms with Gasteiger partial charge < -0.3 is 5.32 Å². The second-order valence-electron chi connectivity index (χ2n) is 3.33. The molecule has 0 saturated carbocycles. The lowest BCUT2D eigenvalue weighted by Gasteiger charge is -2.04. The van der Waals surface area contributed by atoms with Gasteiger partial charge in [-0.2, -0.15) is 13.2 Å². The van der Waals surface area contributed by atoms with Crippen molar-refractivity contribution in [2.75, 3.05) is 12.4 Å². The number of thiazole rings is 1. The Morgan fingerprint density at radius 2 is 2.00 bits per heavy atom. The molecule has 0 saturated heterocycles. The van der Waals surface area contributed by atoms with Crippen molar-refractivity contribution in [3.05, 3.63) is 28.5 Å². The Morgan fingerprint density at radius 1 is 1.28 bits per heavy atom. The molecule has 0 amide bonds. The van der Waals surface area contributed by atoms with E-state index in [1.807, 2.05) is 0 Å². The molecular weight excluding hydrogens is 287 g/mol.